The van der Waals surface area contributed by atoms with Crippen LogP contribution in [0.25, 0.3) is 0 Å². The third-order valence-electron chi connectivity index (χ3n) is 3.32. The number of ether oxygens (including phenoxy) is 1. The van der Waals surface area contributed by atoms with Gasteiger partial charge in [0.2, 0.25) is 0 Å². The fourth-order valence-corrected chi connectivity index (χ4v) is 2.25. The van der Waals surface area contributed by atoms with Crippen molar-refractivity contribution in [3.63, 3.8) is 0 Å². The molecule has 4 nitrogen and oxygen atoms in total. The van der Waals surface area contributed by atoms with Gasteiger partial charge in [0.25, 0.3) is 0 Å². The molecule has 25 heavy (non-hydrogen) atoms. The van der Waals surface area contributed by atoms with Crippen molar-refractivity contribution in [2.45, 2.75) is 19.6 Å². The second-order valence-electron chi connectivity index (χ2n) is 5.23. The van der Waals surface area contributed by atoms with Crippen molar-refractivity contribution < 1.29 is 22.7 Å². The highest BCUT2D eigenvalue weighted by Crippen LogP contribution is 2.27. The quantitative estimate of drug-likeness (QED) is 0.783. The molecule has 0 heterocycles. The molecule has 0 unspecified atom stereocenters. The van der Waals surface area contributed by atoms with Crippen molar-refractivity contribution in [1.29, 1.82) is 0 Å². The maximum atomic E-state index is 12.3. The Balaban J connectivity index is 1.97. The van der Waals surface area contributed by atoms with Gasteiger partial charge in [0.1, 0.15) is 5.75 Å². The first kappa shape index (κ1) is 18.9. The van der Waals surface area contributed by atoms with Crippen LogP contribution in [0.4, 0.5) is 23.7 Å². The van der Waals surface area contributed by atoms with Crippen LogP contribution in [0.5, 0.6) is 5.75 Å². The van der Waals surface area contributed by atoms with Gasteiger partial charge in [-0.25, -0.2) is 4.79 Å². The topological polar surface area (TPSA) is 50.4 Å². The Morgan fingerprint density at radius 3 is 2.56 bits per heavy atom. The molecule has 0 saturated heterocycles. The second kappa shape index (κ2) is 8.11. The monoisotopic (exact) mass is 372 g/mol. The molecular formula is C17H16ClF3N2O2. The van der Waals surface area contributed by atoms with Crippen molar-refractivity contribution >= 4 is 23.3 Å². The SMILES string of the molecule is Cc1c(NC(=O)NCc2ccccc2Cl)cccc1OCC(F)(F)F. The molecule has 2 amide bonds. The Hall–Kier alpha value is -2.41. The molecule has 0 bridgehead atoms. The van der Waals surface area contributed by atoms with Gasteiger partial charge in [-0.15, -0.1) is 0 Å². The predicted molar refractivity (Wildman–Crippen MR) is 90.0 cm³/mol. The first-order valence-corrected chi connectivity index (χ1v) is 7.71. The second-order valence-corrected chi connectivity index (χ2v) is 5.64. The maximum Gasteiger partial charge on any atom is 0.422 e. The van der Waals surface area contributed by atoms with Gasteiger partial charge in [0.05, 0.1) is 0 Å². The molecule has 2 N–H and O–H groups in total. The normalized spacial score (nSPS) is 11.1. The first-order chi connectivity index (χ1) is 11.8. The standard InChI is InChI=1S/C17H16ClF3N2O2/c1-11-14(7-4-8-15(11)25-10-17(19,20)21)23-16(24)22-9-12-5-2-3-6-13(12)18/h2-8H,9-10H2,1H3,(H2,22,23,24). The van der Waals surface area contributed by atoms with E-state index in [9.17, 15) is 18.0 Å². The summed E-state index contributed by atoms with van der Waals surface area (Å²) >= 11 is 6.01. The zero-order chi connectivity index (χ0) is 18.4. The van der Waals surface area contributed by atoms with Crippen LogP contribution in [0.2, 0.25) is 5.02 Å². The molecule has 0 atom stereocenters. The third kappa shape index (κ3) is 5.86. The molecule has 0 saturated carbocycles. The number of rotatable bonds is 5. The smallest absolute Gasteiger partial charge is 0.422 e. The molecule has 0 spiro atoms. The summed E-state index contributed by atoms with van der Waals surface area (Å²) in [5.74, 6) is 0.0567. The maximum absolute atomic E-state index is 12.3. The lowest BCUT2D eigenvalue weighted by molar-refractivity contribution is -0.153. The number of amides is 2. The summed E-state index contributed by atoms with van der Waals surface area (Å²) in [5, 5.41) is 5.75. The van der Waals surface area contributed by atoms with Crippen molar-refractivity contribution in [3.8, 4) is 5.75 Å². The fraction of sp³-hybridized carbons (Fsp3) is 0.235. The van der Waals surface area contributed by atoms with E-state index in [4.69, 9.17) is 16.3 Å². The predicted octanol–water partition coefficient (Wildman–Crippen LogP) is 4.91. The average Bonchev–Trinajstić information content (AvgIpc) is 2.54. The van der Waals surface area contributed by atoms with Gasteiger partial charge in [-0.05, 0) is 30.7 Å². The van der Waals surface area contributed by atoms with Crippen LogP contribution in [-0.2, 0) is 6.54 Å². The Labute approximate surface area is 147 Å². The summed E-state index contributed by atoms with van der Waals surface area (Å²) in [5.41, 5.74) is 1.51. The molecular weight excluding hydrogens is 357 g/mol. The number of halogens is 4. The Morgan fingerprint density at radius 2 is 1.88 bits per heavy atom. The average molecular weight is 373 g/mol. The van der Waals surface area contributed by atoms with E-state index in [0.29, 0.717) is 16.3 Å². The number of nitrogens with one attached hydrogen (secondary N) is 2. The van der Waals surface area contributed by atoms with E-state index in [1.54, 1.807) is 37.3 Å². The van der Waals surface area contributed by atoms with Crippen LogP contribution in [0.15, 0.2) is 42.5 Å². The molecule has 8 heteroatoms. The van der Waals surface area contributed by atoms with Crippen molar-refractivity contribution in [2.24, 2.45) is 0 Å². The van der Waals surface area contributed by atoms with Crippen LogP contribution >= 0.6 is 11.6 Å². The van der Waals surface area contributed by atoms with Crippen LogP contribution in [0, 0.1) is 6.92 Å². The largest absolute Gasteiger partial charge is 0.484 e. The fourth-order valence-electron chi connectivity index (χ4n) is 2.05. The third-order valence-corrected chi connectivity index (χ3v) is 3.69. The molecule has 134 valence electrons. The molecule has 0 fully saturated rings. The zero-order valence-corrected chi connectivity index (χ0v) is 14.0. The van der Waals surface area contributed by atoms with Crippen molar-refractivity contribution in [2.75, 3.05) is 11.9 Å². The summed E-state index contributed by atoms with van der Waals surface area (Å²) in [6.45, 7) is 0.389. The number of anilines is 1. The molecule has 2 aromatic rings. The highest BCUT2D eigenvalue weighted by Gasteiger charge is 2.28. The van der Waals surface area contributed by atoms with Crippen LogP contribution < -0.4 is 15.4 Å². The van der Waals surface area contributed by atoms with Crippen molar-refractivity contribution in [3.05, 3.63) is 58.6 Å². The molecule has 0 aliphatic carbocycles. The minimum Gasteiger partial charge on any atom is -0.484 e. The molecule has 0 aromatic heterocycles. The molecule has 0 radical (unpaired) electrons. The lowest BCUT2D eigenvalue weighted by Crippen LogP contribution is -2.28. The van der Waals surface area contributed by atoms with Gasteiger partial charge in [0, 0.05) is 22.8 Å². The number of carbonyl (C=O) groups is 1. The highest BCUT2D eigenvalue weighted by atomic mass is 35.5. The minimum atomic E-state index is -4.43. The van der Waals surface area contributed by atoms with Gasteiger partial charge < -0.3 is 15.4 Å². The number of hydrogen-bond acceptors (Lipinski definition) is 2. The summed E-state index contributed by atoms with van der Waals surface area (Å²) < 4.78 is 41.5. The van der Waals surface area contributed by atoms with E-state index in [0.717, 1.165) is 5.56 Å². The lowest BCUT2D eigenvalue weighted by atomic mass is 10.2. The van der Waals surface area contributed by atoms with E-state index in [1.807, 2.05) is 0 Å². The lowest BCUT2D eigenvalue weighted by Gasteiger charge is -2.15. The summed E-state index contributed by atoms with van der Waals surface area (Å²) in [4.78, 5) is 12.0. The van der Waals surface area contributed by atoms with Crippen molar-refractivity contribution in [1.82, 2.24) is 5.32 Å². The Bertz CT molecular complexity index is 751. The Morgan fingerprint density at radius 1 is 1.16 bits per heavy atom. The molecule has 2 rings (SSSR count). The Kier molecular flexibility index (Phi) is 6.14. The van der Waals surface area contributed by atoms with Crippen LogP contribution in [0.1, 0.15) is 11.1 Å². The van der Waals surface area contributed by atoms with E-state index in [1.165, 1.54) is 12.1 Å². The molecule has 0 aliphatic heterocycles. The van der Waals surface area contributed by atoms with E-state index in [2.05, 4.69) is 10.6 Å². The number of alkyl halides is 3. The molecule has 0 aliphatic rings. The van der Waals surface area contributed by atoms with Gasteiger partial charge >= 0.3 is 12.2 Å². The molecule has 2 aromatic carbocycles. The van der Waals surface area contributed by atoms with Gasteiger partial charge in [-0.1, -0.05) is 35.9 Å². The summed E-state index contributed by atoms with van der Waals surface area (Å²) in [6.07, 6.45) is -4.43. The number of urea groups is 1. The van der Waals surface area contributed by atoms with E-state index < -0.39 is 18.8 Å². The number of carbonyl (C=O) groups excluding carboxylic acids is 1. The van der Waals surface area contributed by atoms with E-state index in [-0.39, 0.29) is 12.3 Å². The highest BCUT2D eigenvalue weighted by molar-refractivity contribution is 6.31. The summed E-state index contributed by atoms with van der Waals surface area (Å²) in [6, 6.07) is 11.0. The summed E-state index contributed by atoms with van der Waals surface area (Å²) in [7, 11) is 0. The van der Waals surface area contributed by atoms with Gasteiger partial charge in [-0.3, -0.25) is 0 Å². The van der Waals surface area contributed by atoms with Crippen LogP contribution in [-0.4, -0.2) is 18.8 Å². The van der Waals surface area contributed by atoms with E-state index >= 15 is 0 Å². The van der Waals surface area contributed by atoms with Gasteiger partial charge in [0.15, 0.2) is 6.61 Å². The zero-order valence-electron chi connectivity index (χ0n) is 13.3. The van der Waals surface area contributed by atoms with Crippen LogP contribution in [0.3, 0.4) is 0 Å². The van der Waals surface area contributed by atoms with Gasteiger partial charge in [-0.2, -0.15) is 13.2 Å². The number of hydrogen-bond donors (Lipinski definition) is 2. The first-order valence-electron chi connectivity index (χ1n) is 7.33. The number of benzene rings is 2. The minimum absolute atomic E-state index is 0.0567.